The van der Waals surface area contributed by atoms with E-state index in [1.54, 1.807) is 11.8 Å². The number of hydrogen-bond donors (Lipinski definition) is 3. The summed E-state index contributed by atoms with van der Waals surface area (Å²) in [5.41, 5.74) is 5.86. The van der Waals surface area contributed by atoms with Crippen molar-refractivity contribution in [2.24, 2.45) is 11.7 Å². The van der Waals surface area contributed by atoms with Gasteiger partial charge >= 0.3 is 0 Å². The summed E-state index contributed by atoms with van der Waals surface area (Å²) in [6.07, 6.45) is 5.56. The molecule has 1 unspecified atom stereocenters. The summed E-state index contributed by atoms with van der Waals surface area (Å²) in [6.45, 7) is 4.01. The maximum absolute atomic E-state index is 12.5. The number of carbonyl (C=O) groups excluding carboxylic acids is 4. The largest absolute Gasteiger partial charge is 0.353 e. The van der Waals surface area contributed by atoms with Gasteiger partial charge < -0.3 is 16.4 Å². The van der Waals surface area contributed by atoms with Crippen molar-refractivity contribution in [1.82, 2.24) is 15.5 Å². The molecule has 3 atom stereocenters. The van der Waals surface area contributed by atoms with Gasteiger partial charge in [-0.3, -0.25) is 24.1 Å². The van der Waals surface area contributed by atoms with Crippen molar-refractivity contribution in [3.8, 4) is 0 Å². The van der Waals surface area contributed by atoms with Crippen LogP contribution in [0.3, 0.4) is 0 Å². The zero-order valence-corrected chi connectivity index (χ0v) is 16.3. The molecular formula is C17H28N4O4S. The minimum absolute atomic E-state index is 0.0802. The lowest BCUT2D eigenvalue weighted by atomic mass is 9.97. The van der Waals surface area contributed by atoms with E-state index in [0.29, 0.717) is 12.8 Å². The molecule has 0 bridgehead atoms. The number of imide groups is 1. The Hall–Kier alpha value is -1.87. The van der Waals surface area contributed by atoms with E-state index in [4.69, 9.17) is 5.73 Å². The monoisotopic (exact) mass is 384 g/mol. The molecule has 4 amide bonds. The molecule has 0 aromatic rings. The summed E-state index contributed by atoms with van der Waals surface area (Å²) in [7, 11) is 0. The molecule has 1 heterocycles. The lowest BCUT2D eigenvalue weighted by Gasteiger charge is -2.25. The Balaban J connectivity index is 2.56. The molecule has 0 saturated heterocycles. The summed E-state index contributed by atoms with van der Waals surface area (Å²) in [4.78, 5) is 48.7. The quantitative estimate of drug-likeness (QED) is 0.418. The molecular weight excluding hydrogens is 356 g/mol. The van der Waals surface area contributed by atoms with Crippen LogP contribution in [0.1, 0.15) is 26.7 Å². The van der Waals surface area contributed by atoms with Gasteiger partial charge in [0.2, 0.25) is 11.8 Å². The van der Waals surface area contributed by atoms with Gasteiger partial charge in [0.05, 0.1) is 6.04 Å². The molecule has 0 saturated carbocycles. The fourth-order valence-corrected chi connectivity index (χ4v) is 2.88. The van der Waals surface area contributed by atoms with Gasteiger partial charge in [-0.05, 0) is 24.3 Å². The maximum atomic E-state index is 12.5. The lowest BCUT2D eigenvalue weighted by Crippen LogP contribution is -2.55. The van der Waals surface area contributed by atoms with E-state index < -0.39 is 23.9 Å². The highest BCUT2D eigenvalue weighted by Gasteiger charge is 2.28. The molecule has 8 nitrogen and oxygen atoms in total. The van der Waals surface area contributed by atoms with Crippen molar-refractivity contribution in [2.45, 2.75) is 38.8 Å². The highest BCUT2D eigenvalue weighted by atomic mass is 32.2. The third kappa shape index (κ3) is 6.45. The van der Waals surface area contributed by atoms with Crippen LogP contribution >= 0.6 is 11.8 Å². The summed E-state index contributed by atoms with van der Waals surface area (Å²) < 4.78 is 0. The third-order valence-electron chi connectivity index (χ3n) is 4.30. The van der Waals surface area contributed by atoms with E-state index in [2.05, 4.69) is 10.6 Å². The lowest BCUT2D eigenvalue weighted by molar-refractivity contribution is -0.137. The van der Waals surface area contributed by atoms with Gasteiger partial charge in [-0.1, -0.05) is 20.3 Å². The number of nitrogens with one attached hydrogen (secondary N) is 2. The Morgan fingerprint density at radius 3 is 2.38 bits per heavy atom. The van der Waals surface area contributed by atoms with Gasteiger partial charge in [-0.2, -0.15) is 11.8 Å². The normalized spacial score (nSPS) is 17.2. The standard InChI is InChI=1S/C17H28N4O4S/c1-4-11(2)15(20-16(24)12(18)7-10-26-3)17(25)19-8-9-21-13(22)5-6-14(21)23/h5-6,11-12,15H,4,7-10,18H2,1-3H3,(H,19,25)(H,20,24)/t11?,12-,15-/m0/s1. The van der Waals surface area contributed by atoms with Crippen molar-refractivity contribution in [1.29, 1.82) is 0 Å². The van der Waals surface area contributed by atoms with Crippen LogP contribution in [0.15, 0.2) is 12.2 Å². The number of thioether (sulfide) groups is 1. The SMILES string of the molecule is CCC(C)[C@H](NC(=O)[C@@H](N)CCSC)C(=O)NCCN1C(=O)C=CC1=O. The predicted molar refractivity (Wildman–Crippen MR) is 101 cm³/mol. The summed E-state index contributed by atoms with van der Waals surface area (Å²) in [5, 5.41) is 5.41. The Morgan fingerprint density at radius 1 is 1.23 bits per heavy atom. The van der Waals surface area contributed by atoms with Crippen LogP contribution in [0.5, 0.6) is 0 Å². The second kappa shape index (κ2) is 11.0. The summed E-state index contributed by atoms with van der Waals surface area (Å²) >= 11 is 1.60. The van der Waals surface area contributed by atoms with Crippen LogP contribution < -0.4 is 16.4 Å². The first-order valence-electron chi connectivity index (χ1n) is 8.67. The molecule has 1 rings (SSSR count). The topological polar surface area (TPSA) is 122 Å². The number of hydrogen-bond acceptors (Lipinski definition) is 6. The first kappa shape index (κ1) is 22.2. The Labute approximate surface area is 158 Å². The zero-order chi connectivity index (χ0) is 19.7. The van der Waals surface area contributed by atoms with E-state index >= 15 is 0 Å². The molecule has 1 aliphatic heterocycles. The van der Waals surface area contributed by atoms with Crippen LogP contribution in [0, 0.1) is 5.92 Å². The fraction of sp³-hybridized carbons (Fsp3) is 0.647. The molecule has 4 N–H and O–H groups in total. The van der Waals surface area contributed by atoms with Gasteiger partial charge in [-0.25, -0.2) is 0 Å². The van der Waals surface area contributed by atoms with Crippen LogP contribution in [-0.2, 0) is 19.2 Å². The summed E-state index contributed by atoms with van der Waals surface area (Å²) in [5.74, 6) is -0.804. The molecule has 146 valence electrons. The van der Waals surface area contributed by atoms with Crippen molar-refractivity contribution < 1.29 is 19.2 Å². The number of carbonyl (C=O) groups is 4. The smallest absolute Gasteiger partial charge is 0.253 e. The van der Waals surface area contributed by atoms with E-state index in [-0.39, 0.29) is 30.8 Å². The van der Waals surface area contributed by atoms with Crippen molar-refractivity contribution >= 4 is 35.4 Å². The van der Waals surface area contributed by atoms with E-state index in [0.717, 1.165) is 10.7 Å². The van der Waals surface area contributed by atoms with Crippen LogP contribution in [0.2, 0.25) is 0 Å². The van der Waals surface area contributed by atoms with E-state index in [1.807, 2.05) is 20.1 Å². The predicted octanol–water partition coefficient (Wildman–Crippen LogP) is -0.361. The van der Waals surface area contributed by atoms with Crippen molar-refractivity contribution in [3.05, 3.63) is 12.2 Å². The average Bonchev–Trinajstić information content (AvgIpc) is 2.94. The molecule has 0 aromatic heterocycles. The van der Waals surface area contributed by atoms with Crippen LogP contribution in [0.4, 0.5) is 0 Å². The third-order valence-corrected chi connectivity index (χ3v) is 4.94. The molecule has 0 aliphatic carbocycles. The minimum Gasteiger partial charge on any atom is -0.353 e. The van der Waals surface area contributed by atoms with Crippen LogP contribution in [-0.4, -0.2) is 65.7 Å². The number of rotatable bonds is 11. The molecule has 26 heavy (non-hydrogen) atoms. The highest BCUT2D eigenvalue weighted by Crippen LogP contribution is 2.09. The van der Waals surface area contributed by atoms with Gasteiger partial charge in [0.15, 0.2) is 0 Å². The Morgan fingerprint density at radius 2 is 1.85 bits per heavy atom. The first-order chi connectivity index (χ1) is 12.3. The molecule has 1 aliphatic rings. The van der Waals surface area contributed by atoms with E-state index in [9.17, 15) is 19.2 Å². The molecule has 9 heteroatoms. The molecule has 0 aromatic carbocycles. The maximum Gasteiger partial charge on any atom is 0.253 e. The van der Waals surface area contributed by atoms with Gasteiger partial charge in [-0.15, -0.1) is 0 Å². The molecule has 0 fully saturated rings. The van der Waals surface area contributed by atoms with Crippen LogP contribution in [0.25, 0.3) is 0 Å². The zero-order valence-electron chi connectivity index (χ0n) is 15.5. The van der Waals surface area contributed by atoms with Gasteiger partial charge in [0.1, 0.15) is 6.04 Å². The molecule has 0 radical (unpaired) electrons. The molecule has 0 spiro atoms. The second-order valence-electron chi connectivity index (χ2n) is 6.21. The van der Waals surface area contributed by atoms with Gasteiger partial charge in [0.25, 0.3) is 11.8 Å². The second-order valence-corrected chi connectivity index (χ2v) is 7.20. The number of nitrogens with zero attached hydrogens (tertiary/aromatic N) is 1. The van der Waals surface area contributed by atoms with E-state index in [1.165, 1.54) is 12.2 Å². The Bertz CT molecular complexity index is 549. The average molecular weight is 385 g/mol. The number of nitrogens with two attached hydrogens (primary N) is 1. The van der Waals surface area contributed by atoms with Crippen molar-refractivity contribution in [3.63, 3.8) is 0 Å². The number of amides is 4. The Kier molecular flexibility index (Phi) is 9.36. The van der Waals surface area contributed by atoms with Crippen molar-refractivity contribution in [2.75, 3.05) is 25.1 Å². The summed E-state index contributed by atoms with van der Waals surface area (Å²) in [6, 6.07) is -1.37. The fourth-order valence-electron chi connectivity index (χ4n) is 2.39. The highest BCUT2D eigenvalue weighted by molar-refractivity contribution is 7.98. The first-order valence-corrected chi connectivity index (χ1v) is 10.1. The van der Waals surface area contributed by atoms with Gasteiger partial charge in [0, 0.05) is 25.2 Å². The minimum atomic E-state index is -0.712.